The highest BCUT2D eigenvalue weighted by atomic mass is 16.5. The quantitative estimate of drug-likeness (QED) is 0.623. The number of carbonyl (C=O) groups excluding carboxylic acids is 2. The van der Waals surface area contributed by atoms with E-state index in [9.17, 15) is 9.59 Å². The summed E-state index contributed by atoms with van der Waals surface area (Å²) < 4.78 is 5.18. The van der Waals surface area contributed by atoms with Crippen molar-refractivity contribution in [1.82, 2.24) is 10.2 Å². The van der Waals surface area contributed by atoms with Crippen LogP contribution >= 0.6 is 0 Å². The number of hydrogen-bond acceptors (Lipinski definition) is 3. The minimum atomic E-state index is -0.432. The number of rotatable bonds is 11. The Morgan fingerprint density at radius 1 is 1.12 bits per heavy atom. The fraction of sp³-hybridized carbons (Fsp3) is 0.600. The van der Waals surface area contributed by atoms with Crippen molar-refractivity contribution in [2.45, 2.75) is 65.5 Å². The lowest BCUT2D eigenvalue weighted by Crippen LogP contribution is -2.49. The molecule has 0 radical (unpaired) electrons. The molecular weight excluding hydrogens is 316 g/mol. The summed E-state index contributed by atoms with van der Waals surface area (Å²) in [6.07, 6.45) is 3.80. The van der Waals surface area contributed by atoms with Gasteiger partial charge in [-0.25, -0.2) is 0 Å². The minimum Gasteiger partial charge on any atom is -0.497 e. The van der Waals surface area contributed by atoms with Gasteiger partial charge >= 0.3 is 0 Å². The number of nitrogens with one attached hydrogen (secondary N) is 1. The maximum absolute atomic E-state index is 12.6. The minimum absolute atomic E-state index is 0.0239. The van der Waals surface area contributed by atoms with Gasteiger partial charge in [0.25, 0.3) is 0 Å². The van der Waals surface area contributed by atoms with Crippen molar-refractivity contribution >= 4 is 11.8 Å². The van der Waals surface area contributed by atoms with Crippen molar-refractivity contribution in [3.8, 4) is 5.75 Å². The van der Waals surface area contributed by atoms with Gasteiger partial charge in [0.1, 0.15) is 11.8 Å². The summed E-state index contributed by atoms with van der Waals surface area (Å²) in [6, 6.07) is 7.19. The van der Waals surface area contributed by atoms with E-state index in [0.29, 0.717) is 25.9 Å². The average Bonchev–Trinajstić information content (AvgIpc) is 2.62. The largest absolute Gasteiger partial charge is 0.497 e. The molecule has 25 heavy (non-hydrogen) atoms. The van der Waals surface area contributed by atoms with Crippen molar-refractivity contribution in [2.24, 2.45) is 0 Å². The molecule has 0 heterocycles. The van der Waals surface area contributed by atoms with Crippen LogP contribution in [0.4, 0.5) is 0 Å². The lowest BCUT2D eigenvalue weighted by Gasteiger charge is -2.30. The second kappa shape index (κ2) is 11.5. The molecule has 0 saturated carbocycles. The summed E-state index contributed by atoms with van der Waals surface area (Å²) in [5, 5.41) is 2.96. The molecule has 0 bridgehead atoms. The zero-order valence-corrected chi connectivity index (χ0v) is 16.0. The second-order valence-electron chi connectivity index (χ2n) is 6.19. The molecule has 1 atom stereocenters. The Hall–Kier alpha value is -2.04. The molecule has 0 unspecified atom stereocenters. The van der Waals surface area contributed by atoms with Gasteiger partial charge in [0.05, 0.1) is 7.11 Å². The second-order valence-corrected chi connectivity index (χ2v) is 6.19. The molecule has 0 spiro atoms. The molecule has 1 aromatic carbocycles. The van der Waals surface area contributed by atoms with Gasteiger partial charge in [0.2, 0.25) is 11.8 Å². The van der Waals surface area contributed by atoms with E-state index in [-0.39, 0.29) is 11.8 Å². The number of amides is 2. The number of carbonyl (C=O) groups is 2. The van der Waals surface area contributed by atoms with Crippen molar-refractivity contribution in [2.75, 3.05) is 13.7 Å². The van der Waals surface area contributed by atoms with Gasteiger partial charge in [0, 0.05) is 19.5 Å². The molecule has 1 N–H and O–H groups in total. The first-order chi connectivity index (χ1) is 12.1. The number of benzene rings is 1. The highest BCUT2D eigenvalue weighted by Gasteiger charge is 2.27. The average molecular weight is 348 g/mol. The SMILES string of the molecule is CCCCNC(=O)[C@H](CC)N(Cc1ccc(OC)cc1)C(=O)CCC. The highest BCUT2D eigenvalue weighted by Crippen LogP contribution is 2.17. The number of ether oxygens (including phenoxy) is 1. The van der Waals surface area contributed by atoms with Gasteiger partial charge < -0.3 is 15.0 Å². The van der Waals surface area contributed by atoms with Crippen LogP contribution in [0.2, 0.25) is 0 Å². The van der Waals surface area contributed by atoms with Crippen molar-refractivity contribution < 1.29 is 14.3 Å². The first-order valence-electron chi connectivity index (χ1n) is 9.27. The van der Waals surface area contributed by atoms with E-state index < -0.39 is 6.04 Å². The van der Waals surface area contributed by atoms with E-state index in [1.54, 1.807) is 12.0 Å². The van der Waals surface area contributed by atoms with Crippen LogP contribution in [0.5, 0.6) is 5.75 Å². The highest BCUT2D eigenvalue weighted by molar-refractivity contribution is 5.87. The first kappa shape index (κ1) is 21.0. The van der Waals surface area contributed by atoms with Crippen LogP contribution in [0.15, 0.2) is 24.3 Å². The molecular formula is C20H32N2O3. The van der Waals surface area contributed by atoms with Gasteiger partial charge in [0.15, 0.2) is 0 Å². The smallest absolute Gasteiger partial charge is 0.242 e. The predicted molar refractivity (Wildman–Crippen MR) is 100 cm³/mol. The molecule has 0 aliphatic carbocycles. The lowest BCUT2D eigenvalue weighted by molar-refractivity contribution is -0.141. The van der Waals surface area contributed by atoms with Crippen LogP contribution in [0.3, 0.4) is 0 Å². The summed E-state index contributed by atoms with van der Waals surface area (Å²) >= 11 is 0. The van der Waals surface area contributed by atoms with Crippen LogP contribution in [0, 0.1) is 0 Å². The molecule has 5 heteroatoms. The van der Waals surface area contributed by atoms with Gasteiger partial charge in [-0.3, -0.25) is 9.59 Å². The third kappa shape index (κ3) is 6.77. The van der Waals surface area contributed by atoms with Crippen LogP contribution in [0.1, 0.15) is 58.4 Å². The van der Waals surface area contributed by atoms with Crippen molar-refractivity contribution in [1.29, 1.82) is 0 Å². The Morgan fingerprint density at radius 3 is 2.32 bits per heavy atom. The summed E-state index contributed by atoms with van der Waals surface area (Å²) in [7, 11) is 1.62. The van der Waals surface area contributed by atoms with Crippen LogP contribution < -0.4 is 10.1 Å². The van der Waals surface area contributed by atoms with E-state index in [2.05, 4.69) is 12.2 Å². The Morgan fingerprint density at radius 2 is 1.80 bits per heavy atom. The maximum Gasteiger partial charge on any atom is 0.242 e. The Bertz CT molecular complexity index is 528. The van der Waals surface area contributed by atoms with Gasteiger partial charge in [-0.15, -0.1) is 0 Å². The zero-order valence-electron chi connectivity index (χ0n) is 16.0. The molecule has 140 valence electrons. The maximum atomic E-state index is 12.6. The normalized spacial score (nSPS) is 11.7. The topological polar surface area (TPSA) is 58.6 Å². The fourth-order valence-electron chi connectivity index (χ4n) is 2.71. The molecule has 1 rings (SSSR count). The first-order valence-corrected chi connectivity index (χ1v) is 9.27. The summed E-state index contributed by atoms with van der Waals surface area (Å²) in [5.74, 6) is 0.740. The number of hydrogen-bond donors (Lipinski definition) is 1. The Balaban J connectivity index is 2.91. The van der Waals surface area contributed by atoms with Gasteiger partial charge in [-0.1, -0.05) is 39.3 Å². The third-order valence-electron chi connectivity index (χ3n) is 4.19. The van der Waals surface area contributed by atoms with E-state index in [1.165, 1.54) is 0 Å². The van der Waals surface area contributed by atoms with E-state index >= 15 is 0 Å². The van der Waals surface area contributed by atoms with Crippen molar-refractivity contribution in [3.05, 3.63) is 29.8 Å². The monoisotopic (exact) mass is 348 g/mol. The lowest BCUT2D eigenvalue weighted by atomic mass is 10.1. The molecule has 0 aliphatic heterocycles. The van der Waals surface area contributed by atoms with Crippen LogP contribution in [-0.2, 0) is 16.1 Å². The van der Waals surface area contributed by atoms with Crippen molar-refractivity contribution in [3.63, 3.8) is 0 Å². The van der Waals surface area contributed by atoms with Gasteiger partial charge in [-0.2, -0.15) is 0 Å². The van der Waals surface area contributed by atoms with E-state index in [1.807, 2.05) is 38.1 Å². The standard InChI is InChI=1S/C20H32N2O3/c1-5-8-14-21-20(24)18(7-3)22(19(23)9-6-2)15-16-10-12-17(25-4)13-11-16/h10-13,18H,5-9,14-15H2,1-4H3,(H,21,24)/t18-/m0/s1. The molecule has 0 fully saturated rings. The molecule has 5 nitrogen and oxygen atoms in total. The number of unbranched alkanes of at least 4 members (excludes halogenated alkanes) is 1. The predicted octanol–water partition coefficient (Wildman–Crippen LogP) is 3.52. The zero-order chi connectivity index (χ0) is 18.7. The fourth-order valence-corrected chi connectivity index (χ4v) is 2.71. The molecule has 1 aromatic rings. The number of methoxy groups -OCH3 is 1. The Kier molecular flexibility index (Phi) is 9.66. The Labute approximate surface area is 151 Å². The molecule has 0 saturated heterocycles. The number of nitrogens with zero attached hydrogens (tertiary/aromatic N) is 1. The van der Waals surface area contributed by atoms with Crippen LogP contribution in [-0.4, -0.2) is 36.4 Å². The summed E-state index contributed by atoms with van der Waals surface area (Å²) in [6.45, 7) is 7.10. The third-order valence-corrected chi connectivity index (χ3v) is 4.19. The van der Waals surface area contributed by atoms with E-state index in [0.717, 1.165) is 30.6 Å². The van der Waals surface area contributed by atoms with E-state index in [4.69, 9.17) is 4.74 Å². The summed E-state index contributed by atoms with van der Waals surface area (Å²) in [5.41, 5.74) is 0.991. The summed E-state index contributed by atoms with van der Waals surface area (Å²) in [4.78, 5) is 26.9. The molecule has 0 aromatic heterocycles. The molecule has 2 amide bonds. The van der Waals surface area contributed by atoms with Gasteiger partial charge in [-0.05, 0) is 37.0 Å². The molecule has 0 aliphatic rings. The van der Waals surface area contributed by atoms with Crippen LogP contribution in [0.25, 0.3) is 0 Å².